The van der Waals surface area contributed by atoms with Crippen LogP contribution in [0.4, 0.5) is 11.5 Å². The fourth-order valence-electron chi connectivity index (χ4n) is 4.20. The Morgan fingerprint density at radius 3 is 2.89 bits per heavy atom. The Kier molecular flexibility index (Phi) is 3.93. The van der Waals surface area contributed by atoms with Crippen LogP contribution in [0.3, 0.4) is 0 Å². The lowest BCUT2D eigenvalue weighted by Crippen LogP contribution is -2.18. The molecule has 1 atom stereocenters. The molecule has 0 bridgehead atoms. The summed E-state index contributed by atoms with van der Waals surface area (Å²) >= 11 is 0. The van der Waals surface area contributed by atoms with Crippen molar-refractivity contribution in [1.82, 2.24) is 20.1 Å². The molecule has 0 fully saturated rings. The normalized spacial score (nSPS) is 17.8. The standard InChI is InChI=1S/C22H23N5O/c1-13-7-8-27-19(9-13)16(12-25-27)15-4-5-18(21-17(15)11-24-22(21)28)26-20-6-3-14(2)10-23-20/h3-6,10,12-13H,7-9,11H2,1-2H3,(H,23,26)(H,24,28)/t13-/m0/s1. The van der Waals surface area contributed by atoms with Crippen molar-refractivity contribution in [2.75, 3.05) is 5.32 Å². The van der Waals surface area contributed by atoms with Crippen LogP contribution in [0.1, 0.15) is 40.5 Å². The summed E-state index contributed by atoms with van der Waals surface area (Å²) in [6, 6.07) is 8.02. The second-order valence-electron chi connectivity index (χ2n) is 7.87. The van der Waals surface area contributed by atoms with E-state index >= 15 is 0 Å². The van der Waals surface area contributed by atoms with Crippen LogP contribution in [0.2, 0.25) is 0 Å². The number of carbonyl (C=O) groups excluding carboxylic acids is 1. The van der Waals surface area contributed by atoms with Gasteiger partial charge in [-0.25, -0.2) is 4.98 Å². The van der Waals surface area contributed by atoms with Crippen LogP contribution in [0.5, 0.6) is 0 Å². The van der Waals surface area contributed by atoms with Crippen molar-refractivity contribution in [1.29, 1.82) is 0 Å². The third-order valence-electron chi connectivity index (χ3n) is 5.75. The molecule has 4 heterocycles. The van der Waals surface area contributed by atoms with Crippen LogP contribution in [-0.4, -0.2) is 20.7 Å². The predicted molar refractivity (Wildman–Crippen MR) is 109 cm³/mol. The first-order valence-corrected chi connectivity index (χ1v) is 9.79. The summed E-state index contributed by atoms with van der Waals surface area (Å²) < 4.78 is 2.12. The topological polar surface area (TPSA) is 71.8 Å². The van der Waals surface area contributed by atoms with Gasteiger partial charge in [-0.3, -0.25) is 9.48 Å². The van der Waals surface area contributed by atoms with Gasteiger partial charge in [0.25, 0.3) is 5.91 Å². The van der Waals surface area contributed by atoms with E-state index in [0.717, 1.165) is 46.7 Å². The van der Waals surface area contributed by atoms with E-state index in [1.165, 1.54) is 12.1 Å². The Hall–Kier alpha value is -3.15. The third-order valence-corrected chi connectivity index (χ3v) is 5.75. The number of carbonyl (C=O) groups is 1. The summed E-state index contributed by atoms with van der Waals surface area (Å²) in [6.07, 6.45) is 5.97. The molecule has 0 saturated carbocycles. The minimum absolute atomic E-state index is 0.0409. The Morgan fingerprint density at radius 2 is 2.07 bits per heavy atom. The van der Waals surface area contributed by atoms with Crippen LogP contribution in [0.15, 0.2) is 36.7 Å². The summed E-state index contributed by atoms with van der Waals surface area (Å²) in [5.74, 6) is 1.35. The zero-order valence-electron chi connectivity index (χ0n) is 16.1. The van der Waals surface area contributed by atoms with Crippen LogP contribution in [0, 0.1) is 12.8 Å². The third kappa shape index (κ3) is 2.76. The van der Waals surface area contributed by atoms with Crippen molar-refractivity contribution in [3.8, 4) is 11.1 Å². The minimum Gasteiger partial charge on any atom is -0.348 e. The Labute approximate surface area is 164 Å². The Morgan fingerprint density at radius 1 is 1.18 bits per heavy atom. The van der Waals surface area contributed by atoms with Crippen molar-refractivity contribution in [2.45, 2.75) is 39.8 Å². The van der Waals surface area contributed by atoms with Crippen molar-refractivity contribution in [3.63, 3.8) is 0 Å². The highest BCUT2D eigenvalue weighted by Gasteiger charge is 2.29. The quantitative estimate of drug-likeness (QED) is 0.732. The molecule has 3 aromatic rings. The number of aromatic nitrogens is 3. The zero-order valence-corrected chi connectivity index (χ0v) is 16.1. The molecule has 0 radical (unpaired) electrons. The molecular formula is C22H23N5O. The maximum atomic E-state index is 12.6. The summed E-state index contributed by atoms with van der Waals surface area (Å²) in [5.41, 5.74) is 7.18. The number of aryl methyl sites for hydroxylation is 2. The van der Waals surface area contributed by atoms with Gasteiger partial charge in [-0.15, -0.1) is 0 Å². The Bertz CT molecular complexity index is 1070. The SMILES string of the molecule is Cc1ccc(Nc2ccc(-c3cnn4c3C[C@@H](C)CC4)c3c2C(=O)NC3)nc1. The summed E-state index contributed by atoms with van der Waals surface area (Å²) in [4.78, 5) is 17.0. The molecule has 0 saturated heterocycles. The first-order valence-electron chi connectivity index (χ1n) is 9.79. The average molecular weight is 373 g/mol. The average Bonchev–Trinajstić information content (AvgIpc) is 3.28. The highest BCUT2D eigenvalue weighted by Crippen LogP contribution is 2.38. The van der Waals surface area contributed by atoms with E-state index in [2.05, 4.69) is 38.4 Å². The van der Waals surface area contributed by atoms with Crippen molar-refractivity contribution in [2.24, 2.45) is 5.92 Å². The van der Waals surface area contributed by atoms with E-state index in [9.17, 15) is 4.79 Å². The molecule has 0 spiro atoms. The molecule has 1 aromatic carbocycles. The highest BCUT2D eigenvalue weighted by atomic mass is 16.1. The maximum Gasteiger partial charge on any atom is 0.254 e. The number of hydrogen-bond acceptors (Lipinski definition) is 4. The molecule has 1 amide bonds. The van der Waals surface area contributed by atoms with Gasteiger partial charge in [0.15, 0.2) is 0 Å². The molecule has 142 valence electrons. The number of rotatable bonds is 3. The molecule has 6 heteroatoms. The smallest absolute Gasteiger partial charge is 0.254 e. The van der Waals surface area contributed by atoms with E-state index in [1.807, 2.05) is 37.5 Å². The first-order chi connectivity index (χ1) is 13.6. The van der Waals surface area contributed by atoms with Crippen LogP contribution in [0.25, 0.3) is 11.1 Å². The number of amides is 1. The number of nitrogens with one attached hydrogen (secondary N) is 2. The second kappa shape index (κ2) is 6.48. The molecule has 6 nitrogen and oxygen atoms in total. The van der Waals surface area contributed by atoms with Crippen LogP contribution in [-0.2, 0) is 19.5 Å². The first kappa shape index (κ1) is 17.0. The molecule has 2 N–H and O–H groups in total. The van der Waals surface area contributed by atoms with E-state index in [4.69, 9.17) is 0 Å². The Balaban J connectivity index is 1.58. The fourth-order valence-corrected chi connectivity index (χ4v) is 4.20. The highest BCUT2D eigenvalue weighted by molar-refractivity contribution is 6.06. The number of anilines is 2. The van der Waals surface area contributed by atoms with Gasteiger partial charge in [0.05, 0.1) is 17.4 Å². The van der Waals surface area contributed by atoms with E-state index in [1.54, 1.807) is 0 Å². The van der Waals surface area contributed by atoms with E-state index in [-0.39, 0.29) is 5.91 Å². The van der Waals surface area contributed by atoms with E-state index in [0.29, 0.717) is 18.0 Å². The molecule has 0 aliphatic carbocycles. The predicted octanol–water partition coefficient (Wildman–Crippen LogP) is 3.82. The number of hydrogen-bond donors (Lipinski definition) is 2. The van der Waals surface area contributed by atoms with Gasteiger partial charge in [-0.1, -0.05) is 19.1 Å². The molecule has 28 heavy (non-hydrogen) atoms. The monoisotopic (exact) mass is 373 g/mol. The van der Waals surface area contributed by atoms with Crippen molar-refractivity contribution >= 4 is 17.4 Å². The van der Waals surface area contributed by atoms with Crippen molar-refractivity contribution in [3.05, 3.63) is 59.0 Å². The number of pyridine rings is 1. The summed E-state index contributed by atoms with van der Waals surface area (Å²) in [7, 11) is 0. The zero-order chi connectivity index (χ0) is 19.3. The maximum absolute atomic E-state index is 12.6. The number of nitrogens with zero attached hydrogens (tertiary/aromatic N) is 3. The lowest BCUT2D eigenvalue weighted by molar-refractivity contribution is 0.0966. The lowest BCUT2D eigenvalue weighted by atomic mass is 9.91. The van der Waals surface area contributed by atoms with Gasteiger partial charge in [-0.2, -0.15) is 5.10 Å². The van der Waals surface area contributed by atoms with Gasteiger partial charge in [0.2, 0.25) is 0 Å². The van der Waals surface area contributed by atoms with E-state index < -0.39 is 0 Å². The van der Waals surface area contributed by atoms with Crippen molar-refractivity contribution < 1.29 is 4.79 Å². The summed E-state index contributed by atoms with van der Waals surface area (Å²) in [5, 5.41) is 10.9. The number of benzene rings is 1. The molecule has 2 aliphatic rings. The minimum atomic E-state index is -0.0409. The lowest BCUT2D eigenvalue weighted by Gasteiger charge is -2.21. The van der Waals surface area contributed by atoms with Gasteiger partial charge < -0.3 is 10.6 Å². The van der Waals surface area contributed by atoms with Gasteiger partial charge in [-0.05, 0) is 54.5 Å². The van der Waals surface area contributed by atoms with Gasteiger partial charge >= 0.3 is 0 Å². The second-order valence-corrected chi connectivity index (χ2v) is 7.87. The molecule has 0 unspecified atom stereocenters. The van der Waals surface area contributed by atoms with Crippen LogP contribution >= 0.6 is 0 Å². The van der Waals surface area contributed by atoms with Gasteiger partial charge in [0.1, 0.15) is 5.82 Å². The number of fused-ring (bicyclic) bond motifs is 2. The largest absolute Gasteiger partial charge is 0.348 e. The fraction of sp³-hybridized carbons (Fsp3) is 0.318. The summed E-state index contributed by atoms with van der Waals surface area (Å²) in [6.45, 7) is 5.80. The van der Waals surface area contributed by atoms with Crippen LogP contribution < -0.4 is 10.6 Å². The molecule has 5 rings (SSSR count). The van der Waals surface area contributed by atoms with Gasteiger partial charge in [0, 0.05) is 30.5 Å². The molecule has 2 aliphatic heterocycles. The molecular weight excluding hydrogens is 350 g/mol. The molecule has 2 aromatic heterocycles.